The Morgan fingerprint density at radius 1 is 1.24 bits per heavy atom. The summed E-state index contributed by atoms with van der Waals surface area (Å²) in [6.45, 7) is 4.26. The van der Waals surface area contributed by atoms with E-state index in [1.807, 2.05) is 31.2 Å². The molecule has 0 saturated carbocycles. The van der Waals surface area contributed by atoms with Gasteiger partial charge in [-0.15, -0.1) is 0 Å². The summed E-state index contributed by atoms with van der Waals surface area (Å²) in [7, 11) is 0. The number of rotatable bonds is 4. The van der Waals surface area contributed by atoms with Crippen molar-refractivity contribution < 1.29 is 14.3 Å². The highest BCUT2D eigenvalue weighted by atomic mass is 35.5. The third kappa shape index (κ3) is 4.39. The molecule has 4 heterocycles. The zero-order chi connectivity index (χ0) is 22.9. The van der Waals surface area contributed by atoms with E-state index in [2.05, 4.69) is 14.9 Å². The van der Waals surface area contributed by atoms with E-state index in [9.17, 15) is 9.59 Å². The Kier molecular flexibility index (Phi) is 5.68. The average Bonchev–Trinajstić information content (AvgIpc) is 3.29. The van der Waals surface area contributed by atoms with Crippen molar-refractivity contribution in [3.8, 4) is 11.5 Å². The smallest absolute Gasteiger partial charge is 0.255 e. The number of benzene rings is 1. The van der Waals surface area contributed by atoms with Crippen molar-refractivity contribution in [2.24, 2.45) is 0 Å². The fourth-order valence-electron chi connectivity index (χ4n) is 4.16. The molecule has 1 fully saturated rings. The van der Waals surface area contributed by atoms with Gasteiger partial charge in [-0.1, -0.05) is 11.6 Å². The number of nitrogens with one attached hydrogen (secondary N) is 1. The number of halogens is 1. The first-order valence-corrected chi connectivity index (χ1v) is 11.2. The molecule has 33 heavy (non-hydrogen) atoms. The molecular formula is C24H23ClN4O4. The summed E-state index contributed by atoms with van der Waals surface area (Å²) in [5.41, 5.74) is 2.99. The molecule has 2 aliphatic heterocycles. The number of aromatic amines is 1. The maximum absolute atomic E-state index is 12.7. The normalized spacial score (nSPS) is 17.5. The summed E-state index contributed by atoms with van der Waals surface area (Å²) in [4.78, 5) is 34.7. The second kappa shape index (κ2) is 8.78. The molecule has 5 rings (SSSR count). The topological polar surface area (TPSA) is 87.8 Å². The van der Waals surface area contributed by atoms with Crippen LogP contribution >= 0.6 is 11.6 Å². The summed E-state index contributed by atoms with van der Waals surface area (Å²) in [5, 5.41) is 0.492. The first-order chi connectivity index (χ1) is 16.0. The van der Waals surface area contributed by atoms with Gasteiger partial charge in [0.25, 0.3) is 5.91 Å². The molecule has 0 spiro atoms. The van der Waals surface area contributed by atoms with Crippen LogP contribution in [0.15, 0.2) is 53.6 Å². The monoisotopic (exact) mass is 466 g/mol. The number of ether oxygens (including phenoxy) is 2. The number of carbonyl (C=O) groups excluding carboxylic acids is 1. The number of anilines is 2. The van der Waals surface area contributed by atoms with Crippen molar-refractivity contribution in [2.75, 3.05) is 31.1 Å². The number of hydrogen-bond donors (Lipinski definition) is 1. The molecule has 0 bridgehead atoms. The Hall–Kier alpha value is -3.52. The van der Waals surface area contributed by atoms with E-state index in [-0.39, 0.29) is 17.6 Å². The predicted octanol–water partition coefficient (Wildman–Crippen LogP) is 3.56. The van der Waals surface area contributed by atoms with E-state index in [1.165, 1.54) is 12.3 Å². The van der Waals surface area contributed by atoms with Crippen LogP contribution in [0.2, 0.25) is 5.15 Å². The Balaban J connectivity index is 1.31. The minimum Gasteiger partial charge on any atom is -0.490 e. The lowest BCUT2D eigenvalue weighted by molar-refractivity contribution is 0.0772. The van der Waals surface area contributed by atoms with Gasteiger partial charge in [0.05, 0.1) is 36.2 Å². The first-order valence-electron chi connectivity index (χ1n) is 10.8. The average molecular weight is 467 g/mol. The van der Waals surface area contributed by atoms with Crippen LogP contribution in [0.25, 0.3) is 0 Å². The van der Waals surface area contributed by atoms with E-state index >= 15 is 0 Å². The van der Waals surface area contributed by atoms with Crippen LogP contribution in [0.4, 0.5) is 11.4 Å². The van der Waals surface area contributed by atoms with Crippen molar-refractivity contribution in [1.29, 1.82) is 0 Å². The minimum atomic E-state index is -0.232. The van der Waals surface area contributed by atoms with Crippen molar-refractivity contribution in [3.05, 3.63) is 75.4 Å². The number of carbonyl (C=O) groups is 1. The summed E-state index contributed by atoms with van der Waals surface area (Å²) in [6.07, 6.45) is 3.82. The van der Waals surface area contributed by atoms with Crippen LogP contribution in [-0.4, -0.2) is 53.1 Å². The van der Waals surface area contributed by atoms with Crippen molar-refractivity contribution in [2.45, 2.75) is 19.4 Å². The van der Waals surface area contributed by atoms with Gasteiger partial charge in [-0.05, 0) is 36.8 Å². The molecule has 8 nitrogen and oxygen atoms in total. The highest BCUT2D eigenvalue weighted by Gasteiger charge is 2.29. The van der Waals surface area contributed by atoms with Crippen molar-refractivity contribution in [3.63, 3.8) is 0 Å². The van der Waals surface area contributed by atoms with Crippen LogP contribution < -0.4 is 19.9 Å². The van der Waals surface area contributed by atoms with Gasteiger partial charge in [-0.2, -0.15) is 0 Å². The minimum absolute atomic E-state index is 0.118. The zero-order valence-electron chi connectivity index (χ0n) is 18.1. The number of pyridine rings is 2. The van der Waals surface area contributed by atoms with E-state index in [1.54, 1.807) is 17.2 Å². The maximum atomic E-state index is 12.7. The van der Waals surface area contributed by atoms with Crippen LogP contribution in [-0.2, 0) is 0 Å². The molecule has 1 amide bonds. The van der Waals surface area contributed by atoms with Gasteiger partial charge in [-0.3, -0.25) is 9.59 Å². The summed E-state index contributed by atoms with van der Waals surface area (Å²) < 4.78 is 12.1. The molecule has 2 aromatic heterocycles. The molecule has 1 aromatic carbocycles. The number of H-pyrrole nitrogens is 1. The molecule has 0 radical (unpaired) electrons. The lowest BCUT2D eigenvalue weighted by Gasteiger charge is -2.31. The molecular weight excluding hydrogens is 444 g/mol. The SMILES string of the molecule is Cc1cc(N2CCOc3ccc(O[C@H]4CCN(C(=O)c5ccc(=O)[nH]c5)C4)cc32)cnc1Cl. The summed E-state index contributed by atoms with van der Waals surface area (Å²) >= 11 is 6.10. The second-order valence-corrected chi connectivity index (χ2v) is 8.51. The molecule has 1 atom stereocenters. The van der Waals surface area contributed by atoms with Crippen LogP contribution in [0.3, 0.4) is 0 Å². The molecule has 3 aromatic rings. The third-order valence-corrected chi connectivity index (χ3v) is 6.27. The zero-order valence-corrected chi connectivity index (χ0v) is 18.8. The number of fused-ring (bicyclic) bond motifs is 1. The maximum Gasteiger partial charge on any atom is 0.255 e. The number of aromatic nitrogens is 2. The largest absolute Gasteiger partial charge is 0.490 e. The third-order valence-electron chi connectivity index (χ3n) is 5.87. The van der Waals surface area contributed by atoms with Gasteiger partial charge in [0.15, 0.2) is 0 Å². The van der Waals surface area contributed by atoms with Crippen molar-refractivity contribution >= 4 is 28.9 Å². The highest BCUT2D eigenvalue weighted by Crippen LogP contribution is 2.40. The van der Waals surface area contributed by atoms with Crippen LogP contribution in [0.1, 0.15) is 22.3 Å². The van der Waals surface area contributed by atoms with Gasteiger partial charge in [0.2, 0.25) is 5.56 Å². The standard InChI is InChI=1S/C24H23ClN4O4/c1-15-10-17(13-27-23(15)25)29-8-9-32-21-4-3-18(11-20(21)29)33-19-6-7-28(14-19)24(31)16-2-5-22(30)26-12-16/h2-5,10-13,19H,6-9,14H2,1H3,(H,26,30)/t19-/m0/s1. The molecule has 1 saturated heterocycles. The molecule has 1 N–H and O–H groups in total. The lowest BCUT2D eigenvalue weighted by atomic mass is 10.2. The number of aryl methyl sites for hydroxylation is 1. The predicted molar refractivity (Wildman–Crippen MR) is 125 cm³/mol. The fourth-order valence-corrected chi connectivity index (χ4v) is 4.26. The summed E-state index contributed by atoms with van der Waals surface area (Å²) in [6, 6.07) is 10.7. The molecule has 170 valence electrons. The second-order valence-electron chi connectivity index (χ2n) is 8.15. The van der Waals surface area contributed by atoms with Gasteiger partial charge < -0.3 is 24.3 Å². The van der Waals surface area contributed by atoms with E-state index < -0.39 is 0 Å². The highest BCUT2D eigenvalue weighted by molar-refractivity contribution is 6.30. The summed E-state index contributed by atoms with van der Waals surface area (Å²) in [5.74, 6) is 1.38. The lowest BCUT2D eigenvalue weighted by Crippen LogP contribution is -2.31. The van der Waals surface area contributed by atoms with E-state index in [0.29, 0.717) is 42.7 Å². The Morgan fingerprint density at radius 2 is 2.12 bits per heavy atom. The van der Waals surface area contributed by atoms with Gasteiger partial charge >= 0.3 is 0 Å². The Morgan fingerprint density at radius 3 is 2.91 bits per heavy atom. The quantitative estimate of drug-likeness (QED) is 0.591. The van der Waals surface area contributed by atoms with Crippen LogP contribution in [0, 0.1) is 6.92 Å². The molecule has 0 aliphatic carbocycles. The fraction of sp³-hybridized carbons (Fsp3) is 0.292. The number of likely N-dealkylation sites (tertiary alicyclic amines) is 1. The molecule has 2 aliphatic rings. The van der Waals surface area contributed by atoms with Gasteiger partial charge in [0, 0.05) is 31.3 Å². The first kappa shape index (κ1) is 21.3. The Labute approximate surface area is 195 Å². The number of nitrogens with zero attached hydrogens (tertiary/aromatic N) is 3. The van der Waals surface area contributed by atoms with Gasteiger partial charge in [0.1, 0.15) is 29.4 Å². The Bertz CT molecular complexity index is 1240. The van der Waals surface area contributed by atoms with E-state index in [0.717, 1.165) is 29.1 Å². The number of amides is 1. The van der Waals surface area contributed by atoms with Crippen LogP contribution in [0.5, 0.6) is 11.5 Å². The number of hydrogen-bond acceptors (Lipinski definition) is 6. The van der Waals surface area contributed by atoms with Crippen molar-refractivity contribution in [1.82, 2.24) is 14.9 Å². The van der Waals surface area contributed by atoms with E-state index in [4.69, 9.17) is 21.1 Å². The van der Waals surface area contributed by atoms with Gasteiger partial charge in [-0.25, -0.2) is 4.98 Å². The molecule has 9 heteroatoms. The molecule has 0 unspecified atom stereocenters.